The van der Waals surface area contributed by atoms with E-state index in [1.165, 1.54) is 18.3 Å². The first-order chi connectivity index (χ1) is 9.92. The molecule has 21 heavy (non-hydrogen) atoms. The van der Waals surface area contributed by atoms with E-state index >= 15 is 0 Å². The highest BCUT2D eigenvalue weighted by Crippen LogP contribution is 2.20. The van der Waals surface area contributed by atoms with Crippen LogP contribution in [0.4, 0.5) is 5.82 Å². The summed E-state index contributed by atoms with van der Waals surface area (Å²) in [6, 6.07) is 9.99. The summed E-state index contributed by atoms with van der Waals surface area (Å²) < 4.78 is 27.8. The van der Waals surface area contributed by atoms with E-state index in [2.05, 4.69) is 25.6 Å². The van der Waals surface area contributed by atoms with Crippen molar-refractivity contribution in [3.8, 4) is 6.07 Å². The van der Waals surface area contributed by atoms with Gasteiger partial charge in [-0.05, 0) is 52.2 Å². The first-order valence-corrected chi connectivity index (χ1v) is 8.31. The molecule has 0 radical (unpaired) electrons. The number of anilines is 1. The zero-order chi connectivity index (χ0) is 15.5. The first-order valence-electron chi connectivity index (χ1n) is 6.03. The minimum Gasteiger partial charge on any atom is -0.263 e. The maximum absolute atomic E-state index is 12.3. The van der Waals surface area contributed by atoms with Gasteiger partial charge in [0, 0.05) is 10.7 Å². The molecule has 0 aliphatic heterocycles. The Morgan fingerprint density at radius 3 is 2.57 bits per heavy atom. The Hall–Kier alpha value is -1.91. The molecule has 0 fully saturated rings. The number of pyridine rings is 1. The number of sulfonamides is 1. The average molecular weight is 366 g/mol. The summed E-state index contributed by atoms with van der Waals surface area (Å²) in [6.07, 6.45) is 1.78. The number of aryl methyl sites for hydroxylation is 1. The molecule has 0 saturated heterocycles. The molecule has 2 rings (SSSR count). The summed E-state index contributed by atoms with van der Waals surface area (Å²) in [7, 11) is -3.69. The number of benzene rings is 1. The molecule has 108 valence electrons. The van der Waals surface area contributed by atoms with Gasteiger partial charge in [0.15, 0.2) is 0 Å². The molecule has 1 aromatic heterocycles. The molecule has 0 saturated carbocycles. The molecule has 0 aliphatic carbocycles. The average Bonchev–Trinajstić information content (AvgIpc) is 2.43. The van der Waals surface area contributed by atoms with Gasteiger partial charge in [-0.3, -0.25) is 4.72 Å². The molecule has 0 aliphatic rings. The lowest BCUT2D eigenvalue weighted by atomic mass is 10.2. The Morgan fingerprint density at radius 2 is 2.00 bits per heavy atom. The van der Waals surface area contributed by atoms with E-state index in [0.717, 1.165) is 10.0 Å². The quantitative estimate of drug-likeness (QED) is 0.902. The molecule has 1 heterocycles. The standard InChI is InChI=1S/C14H12BrN3O2S/c1-10-8-12(15)9-17-14(10)18-21(19,20)13-4-2-11(3-5-13)6-7-16/h2-5,8-9H,6H2,1H3,(H,17,18). The minimum atomic E-state index is -3.69. The molecule has 7 heteroatoms. The van der Waals surface area contributed by atoms with Crippen LogP contribution in [0.3, 0.4) is 0 Å². The Balaban J connectivity index is 2.27. The third kappa shape index (κ3) is 3.80. The lowest BCUT2D eigenvalue weighted by Crippen LogP contribution is -2.14. The predicted octanol–water partition coefficient (Wildman–Crippen LogP) is 3.02. The van der Waals surface area contributed by atoms with Gasteiger partial charge in [-0.25, -0.2) is 13.4 Å². The third-order valence-electron chi connectivity index (χ3n) is 2.79. The van der Waals surface area contributed by atoms with Crippen LogP contribution in [0.1, 0.15) is 11.1 Å². The second kappa shape index (κ2) is 6.24. The summed E-state index contributed by atoms with van der Waals surface area (Å²) in [6.45, 7) is 1.77. The molecule has 0 unspecified atom stereocenters. The van der Waals surface area contributed by atoms with Crippen molar-refractivity contribution in [2.45, 2.75) is 18.2 Å². The Labute approximate surface area is 131 Å². The van der Waals surface area contributed by atoms with Crippen LogP contribution in [0.15, 0.2) is 45.9 Å². The SMILES string of the molecule is Cc1cc(Br)cnc1NS(=O)(=O)c1ccc(CC#N)cc1. The van der Waals surface area contributed by atoms with Gasteiger partial charge in [0.2, 0.25) is 0 Å². The van der Waals surface area contributed by atoms with Crippen molar-refractivity contribution in [3.05, 3.63) is 52.1 Å². The molecule has 0 atom stereocenters. The van der Waals surface area contributed by atoms with E-state index in [1.54, 1.807) is 25.1 Å². The van der Waals surface area contributed by atoms with Gasteiger partial charge >= 0.3 is 0 Å². The van der Waals surface area contributed by atoms with E-state index in [1.807, 2.05) is 6.07 Å². The zero-order valence-electron chi connectivity index (χ0n) is 11.2. The Morgan fingerprint density at radius 1 is 1.33 bits per heavy atom. The number of hydrogen-bond donors (Lipinski definition) is 1. The number of nitriles is 1. The van der Waals surface area contributed by atoms with Crippen molar-refractivity contribution in [3.63, 3.8) is 0 Å². The van der Waals surface area contributed by atoms with Gasteiger partial charge in [-0.1, -0.05) is 12.1 Å². The fourth-order valence-corrected chi connectivity index (χ4v) is 3.24. The van der Waals surface area contributed by atoms with E-state index in [4.69, 9.17) is 5.26 Å². The third-order valence-corrected chi connectivity index (χ3v) is 4.58. The van der Waals surface area contributed by atoms with Crippen LogP contribution in [0.5, 0.6) is 0 Å². The van der Waals surface area contributed by atoms with E-state index in [9.17, 15) is 8.42 Å². The highest BCUT2D eigenvalue weighted by atomic mass is 79.9. The molecular weight excluding hydrogens is 354 g/mol. The molecule has 0 amide bonds. The van der Waals surface area contributed by atoms with Gasteiger partial charge < -0.3 is 0 Å². The highest BCUT2D eigenvalue weighted by molar-refractivity contribution is 9.10. The fraction of sp³-hybridized carbons (Fsp3) is 0.143. The monoisotopic (exact) mass is 365 g/mol. The topological polar surface area (TPSA) is 82.8 Å². The predicted molar refractivity (Wildman–Crippen MR) is 83.2 cm³/mol. The van der Waals surface area contributed by atoms with Crippen LogP contribution >= 0.6 is 15.9 Å². The fourth-order valence-electron chi connectivity index (χ4n) is 1.71. The molecule has 0 spiro atoms. The number of rotatable bonds is 4. The largest absolute Gasteiger partial charge is 0.263 e. The summed E-state index contributed by atoms with van der Waals surface area (Å²) in [5.41, 5.74) is 1.49. The van der Waals surface area contributed by atoms with Gasteiger partial charge in [-0.2, -0.15) is 5.26 Å². The second-order valence-corrected chi connectivity index (χ2v) is 7.00. The first kappa shape index (κ1) is 15.5. The van der Waals surface area contributed by atoms with Crippen LogP contribution < -0.4 is 4.72 Å². The minimum absolute atomic E-state index is 0.133. The van der Waals surface area contributed by atoms with Gasteiger partial charge in [-0.15, -0.1) is 0 Å². The summed E-state index contributed by atoms with van der Waals surface area (Å²) in [5.74, 6) is 0.291. The molecular formula is C14H12BrN3O2S. The van der Waals surface area contributed by atoms with Crippen molar-refractivity contribution in [1.29, 1.82) is 5.26 Å². The van der Waals surface area contributed by atoms with Crippen molar-refractivity contribution in [2.75, 3.05) is 4.72 Å². The summed E-state index contributed by atoms with van der Waals surface area (Å²) >= 11 is 3.28. The molecule has 1 N–H and O–H groups in total. The maximum Gasteiger partial charge on any atom is 0.263 e. The molecule has 0 bridgehead atoms. The number of hydrogen-bond acceptors (Lipinski definition) is 4. The van der Waals surface area contributed by atoms with Gasteiger partial charge in [0.05, 0.1) is 17.4 Å². The number of nitrogens with one attached hydrogen (secondary N) is 1. The number of nitrogens with zero attached hydrogens (tertiary/aromatic N) is 2. The van der Waals surface area contributed by atoms with Crippen LogP contribution in [0, 0.1) is 18.3 Å². The van der Waals surface area contributed by atoms with E-state index < -0.39 is 10.0 Å². The smallest absolute Gasteiger partial charge is 0.263 e. The van der Waals surface area contributed by atoms with Crippen LogP contribution in [-0.2, 0) is 16.4 Å². The second-order valence-electron chi connectivity index (χ2n) is 4.40. The van der Waals surface area contributed by atoms with Gasteiger partial charge in [0.1, 0.15) is 5.82 Å². The van der Waals surface area contributed by atoms with Crippen molar-refractivity contribution in [2.24, 2.45) is 0 Å². The van der Waals surface area contributed by atoms with Crippen molar-refractivity contribution in [1.82, 2.24) is 4.98 Å². The van der Waals surface area contributed by atoms with Gasteiger partial charge in [0.25, 0.3) is 10.0 Å². The number of halogens is 1. The van der Waals surface area contributed by atoms with E-state index in [-0.39, 0.29) is 11.3 Å². The Bertz CT molecular complexity index is 796. The van der Waals surface area contributed by atoms with Crippen LogP contribution in [-0.4, -0.2) is 13.4 Å². The van der Waals surface area contributed by atoms with Crippen LogP contribution in [0.2, 0.25) is 0 Å². The normalized spacial score (nSPS) is 10.9. The molecule has 5 nitrogen and oxygen atoms in total. The lowest BCUT2D eigenvalue weighted by molar-refractivity contribution is 0.601. The van der Waals surface area contributed by atoms with Crippen LogP contribution in [0.25, 0.3) is 0 Å². The molecule has 1 aromatic carbocycles. The zero-order valence-corrected chi connectivity index (χ0v) is 13.6. The Kier molecular flexibility index (Phi) is 4.60. The van der Waals surface area contributed by atoms with Crippen molar-refractivity contribution < 1.29 is 8.42 Å². The highest BCUT2D eigenvalue weighted by Gasteiger charge is 2.16. The summed E-state index contributed by atoms with van der Waals surface area (Å²) in [5, 5.41) is 8.60. The number of aromatic nitrogens is 1. The van der Waals surface area contributed by atoms with Crippen molar-refractivity contribution >= 4 is 31.8 Å². The lowest BCUT2D eigenvalue weighted by Gasteiger charge is -2.10. The maximum atomic E-state index is 12.3. The van der Waals surface area contributed by atoms with E-state index in [0.29, 0.717) is 11.4 Å². The molecule has 2 aromatic rings. The summed E-state index contributed by atoms with van der Waals surface area (Å²) in [4.78, 5) is 4.19.